The van der Waals surface area contributed by atoms with E-state index in [1.165, 1.54) is 37.3 Å². The number of nitro groups is 1. The Balaban J connectivity index is 3.44. The lowest BCUT2D eigenvalue weighted by Gasteiger charge is -2.22. The van der Waals surface area contributed by atoms with Gasteiger partial charge in [0.2, 0.25) is 0 Å². The van der Waals surface area contributed by atoms with E-state index >= 15 is 0 Å². The highest BCUT2D eigenvalue weighted by Crippen LogP contribution is 2.27. The molecule has 0 radical (unpaired) electrons. The minimum Gasteiger partial charge on any atom is -0.465 e. The monoisotopic (exact) mass is 308 g/mol. The second-order valence-electron chi connectivity index (χ2n) is 4.18. The van der Waals surface area contributed by atoms with Crippen molar-refractivity contribution < 1.29 is 24.0 Å². The van der Waals surface area contributed by atoms with Crippen molar-refractivity contribution in [3.8, 4) is 0 Å². The van der Waals surface area contributed by atoms with Crippen LogP contribution in [0.3, 0.4) is 0 Å². The molecule has 0 spiro atoms. The number of ether oxygens (including phenoxy) is 2. The summed E-state index contributed by atoms with van der Waals surface area (Å²) in [5, 5.41) is 10.9. The van der Waals surface area contributed by atoms with Crippen molar-refractivity contribution in [3.63, 3.8) is 0 Å². The Hall–Kier alpha value is -2.74. The van der Waals surface area contributed by atoms with Crippen molar-refractivity contribution in [3.05, 3.63) is 46.5 Å². The van der Waals surface area contributed by atoms with Crippen LogP contribution in [0, 0.1) is 10.1 Å². The Morgan fingerprint density at radius 1 is 1.41 bits per heavy atom. The third-order valence-corrected chi connectivity index (χ3v) is 2.77. The van der Waals surface area contributed by atoms with Crippen LogP contribution in [0.4, 0.5) is 11.4 Å². The van der Waals surface area contributed by atoms with E-state index in [9.17, 15) is 19.7 Å². The zero-order valence-corrected chi connectivity index (χ0v) is 12.3. The summed E-state index contributed by atoms with van der Waals surface area (Å²) < 4.78 is 9.42. The predicted octanol–water partition coefficient (Wildman–Crippen LogP) is 1.55. The van der Waals surface area contributed by atoms with Gasteiger partial charge in [-0.3, -0.25) is 14.9 Å². The van der Waals surface area contributed by atoms with Crippen molar-refractivity contribution in [2.24, 2.45) is 0 Å². The van der Waals surface area contributed by atoms with Crippen LogP contribution in [0.1, 0.15) is 10.4 Å². The van der Waals surface area contributed by atoms with Gasteiger partial charge in [-0.05, 0) is 6.07 Å². The van der Waals surface area contributed by atoms with Gasteiger partial charge >= 0.3 is 5.97 Å². The van der Waals surface area contributed by atoms with E-state index < -0.39 is 16.8 Å². The second kappa shape index (κ2) is 7.89. The summed E-state index contributed by atoms with van der Waals surface area (Å²) in [6.07, 6.45) is 1.44. The number of carbonyl (C=O) groups excluding carboxylic acids is 2. The molecule has 0 atom stereocenters. The molecule has 0 heterocycles. The molecule has 0 saturated carbocycles. The lowest BCUT2D eigenvalue weighted by Crippen LogP contribution is -2.35. The number of non-ortho nitro benzene ring substituents is 1. The quantitative estimate of drug-likeness (QED) is 0.328. The van der Waals surface area contributed by atoms with Crippen LogP contribution in [0.25, 0.3) is 0 Å². The largest absolute Gasteiger partial charge is 0.465 e. The number of methoxy groups -OCH3 is 2. The molecule has 0 aromatic heterocycles. The number of benzene rings is 1. The fourth-order valence-corrected chi connectivity index (χ4v) is 1.80. The highest BCUT2D eigenvalue weighted by molar-refractivity contribution is 6.03. The number of amides is 1. The summed E-state index contributed by atoms with van der Waals surface area (Å²) in [5.74, 6) is -1.17. The number of carbonyl (C=O) groups is 2. The maximum absolute atomic E-state index is 12.1. The molecule has 0 fully saturated rings. The van der Waals surface area contributed by atoms with Crippen molar-refractivity contribution >= 4 is 23.3 Å². The minimum absolute atomic E-state index is 0.0411. The van der Waals surface area contributed by atoms with Crippen LogP contribution in [0.5, 0.6) is 0 Å². The maximum Gasteiger partial charge on any atom is 0.339 e. The maximum atomic E-state index is 12.1. The van der Waals surface area contributed by atoms with E-state index in [1.807, 2.05) is 0 Å². The van der Waals surface area contributed by atoms with Gasteiger partial charge in [-0.25, -0.2) is 4.79 Å². The summed E-state index contributed by atoms with van der Waals surface area (Å²) in [4.78, 5) is 35.4. The molecule has 0 aliphatic heterocycles. The number of hydrogen-bond donors (Lipinski definition) is 0. The zero-order chi connectivity index (χ0) is 16.7. The lowest BCUT2D eigenvalue weighted by atomic mass is 10.1. The molecule has 0 saturated heterocycles. The number of anilines is 1. The number of nitrogens with zero attached hydrogens (tertiary/aromatic N) is 2. The van der Waals surface area contributed by atoms with Crippen molar-refractivity contribution in [1.29, 1.82) is 0 Å². The molecule has 8 nitrogen and oxygen atoms in total. The average molecular weight is 308 g/mol. The molecule has 0 aliphatic rings. The summed E-state index contributed by atoms with van der Waals surface area (Å²) in [7, 11) is 2.53. The van der Waals surface area contributed by atoms with E-state index in [0.717, 1.165) is 6.07 Å². The van der Waals surface area contributed by atoms with Gasteiger partial charge in [-0.2, -0.15) is 0 Å². The average Bonchev–Trinajstić information content (AvgIpc) is 2.51. The predicted molar refractivity (Wildman–Crippen MR) is 78.9 cm³/mol. The molecule has 0 aliphatic carbocycles. The van der Waals surface area contributed by atoms with Crippen LogP contribution in [-0.4, -0.2) is 44.2 Å². The molecule has 1 aromatic carbocycles. The van der Waals surface area contributed by atoms with Gasteiger partial charge < -0.3 is 14.4 Å². The van der Waals surface area contributed by atoms with Gasteiger partial charge in [0, 0.05) is 25.8 Å². The smallest absolute Gasteiger partial charge is 0.339 e. The van der Waals surface area contributed by atoms with Gasteiger partial charge in [0.15, 0.2) is 0 Å². The molecular weight excluding hydrogens is 292 g/mol. The van der Waals surface area contributed by atoms with Gasteiger partial charge in [0.25, 0.3) is 11.6 Å². The first-order chi connectivity index (χ1) is 10.5. The first kappa shape index (κ1) is 17.3. The molecular formula is C14H16N2O6. The van der Waals surface area contributed by atoms with Crippen LogP contribution < -0.4 is 4.90 Å². The highest BCUT2D eigenvalue weighted by atomic mass is 16.6. The van der Waals surface area contributed by atoms with E-state index in [4.69, 9.17) is 4.74 Å². The summed E-state index contributed by atoms with van der Waals surface area (Å²) >= 11 is 0. The van der Waals surface area contributed by atoms with Gasteiger partial charge in [-0.15, -0.1) is 6.58 Å². The third kappa shape index (κ3) is 3.89. The second-order valence-corrected chi connectivity index (χ2v) is 4.18. The Labute approximate surface area is 127 Å². The minimum atomic E-state index is -0.704. The van der Waals surface area contributed by atoms with Crippen LogP contribution >= 0.6 is 0 Å². The summed E-state index contributed by atoms with van der Waals surface area (Å²) in [6.45, 7) is 3.36. The molecule has 118 valence electrons. The van der Waals surface area contributed by atoms with Gasteiger partial charge in [0.05, 0.1) is 23.3 Å². The standard InChI is InChI=1S/C14H16N2O6/c1-4-7-15(13(17)9-21-2)12-8-10(16(19)20)5-6-11(12)14(18)22-3/h4-6,8H,1,7,9H2,2-3H3. The van der Waals surface area contributed by atoms with Crippen LogP contribution in [0.2, 0.25) is 0 Å². The van der Waals surface area contributed by atoms with Gasteiger partial charge in [0.1, 0.15) is 6.61 Å². The molecule has 0 N–H and O–H groups in total. The Morgan fingerprint density at radius 3 is 2.59 bits per heavy atom. The van der Waals surface area contributed by atoms with Crippen LogP contribution in [0.15, 0.2) is 30.9 Å². The molecule has 22 heavy (non-hydrogen) atoms. The molecule has 0 bridgehead atoms. The Kier molecular flexibility index (Phi) is 6.21. The fraction of sp³-hybridized carbons (Fsp3) is 0.286. The first-order valence-electron chi connectivity index (χ1n) is 6.23. The van der Waals surface area contributed by atoms with E-state index in [-0.39, 0.29) is 30.1 Å². The third-order valence-electron chi connectivity index (χ3n) is 2.77. The number of esters is 1. The molecule has 8 heteroatoms. The molecule has 0 unspecified atom stereocenters. The fourth-order valence-electron chi connectivity index (χ4n) is 1.80. The number of hydrogen-bond acceptors (Lipinski definition) is 6. The van der Waals surface area contributed by atoms with E-state index in [2.05, 4.69) is 11.3 Å². The number of rotatable bonds is 7. The van der Waals surface area contributed by atoms with Crippen molar-refractivity contribution in [2.45, 2.75) is 0 Å². The van der Waals surface area contributed by atoms with E-state index in [1.54, 1.807) is 0 Å². The molecule has 1 amide bonds. The Morgan fingerprint density at radius 2 is 2.09 bits per heavy atom. The SMILES string of the molecule is C=CCN(C(=O)COC)c1cc([N+](=O)[O-])ccc1C(=O)OC. The highest BCUT2D eigenvalue weighted by Gasteiger charge is 2.24. The summed E-state index contributed by atoms with van der Waals surface area (Å²) in [6, 6.07) is 3.56. The molecule has 1 rings (SSSR count). The van der Waals surface area contributed by atoms with E-state index in [0.29, 0.717) is 0 Å². The zero-order valence-electron chi connectivity index (χ0n) is 12.3. The lowest BCUT2D eigenvalue weighted by molar-refractivity contribution is -0.384. The van der Waals surface area contributed by atoms with Crippen molar-refractivity contribution in [2.75, 3.05) is 32.3 Å². The topological polar surface area (TPSA) is 99.0 Å². The van der Waals surface area contributed by atoms with Crippen LogP contribution in [-0.2, 0) is 14.3 Å². The first-order valence-corrected chi connectivity index (χ1v) is 6.23. The molecule has 1 aromatic rings. The normalized spacial score (nSPS) is 9.91. The van der Waals surface area contributed by atoms with Gasteiger partial charge in [-0.1, -0.05) is 6.08 Å². The summed E-state index contributed by atoms with van der Waals surface area (Å²) in [5.41, 5.74) is -0.135. The van der Waals surface area contributed by atoms with Crippen molar-refractivity contribution in [1.82, 2.24) is 0 Å². The number of nitro benzene ring substituents is 1. The Bertz CT molecular complexity index is 599.